The molecule has 1 heteroatoms. The number of rotatable bonds is 3. The van der Waals surface area contributed by atoms with Crippen molar-refractivity contribution in [3.05, 3.63) is 47.0 Å². The average molecular weight is 244 g/mol. The van der Waals surface area contributed by atoms with Crippen LogP contribution in [0.25, 0.3) is 0 Å². The Morgan fingerprint density at radius 1 is 1.06 bits per heavy atom. The molecule has 0 spiro atoms. The Morgan fingerprint density at radius 2 is 1.78 bits per heavy atom. The Hall–Kier alpha value is -1.08. The highest BCUT2D eigenvalue weighted by Crippen LogP contribution is 2.28. The molecule has 0 heterocycles. The summed E-state index contributed by atoms with van der Waals surface area (Å²) in [4.78, 5) is 0. The first kappa shape index (κ1) is 13.4. The van der Waals surface area contributed by atoms with E-state index in [-0.39, 0.29) is 0 Å². The molecule has 0 saturated carbocycles. The number of hydrogen-bond acceptors (Lipinski definition) is 1. The van der Waals surface area contributed by atoms with Gasteiger partial charge in [-0.3, -0.25) is 0 Å². The van der Waals surface area contributed by atoms with Crippen molar-refractivity contribution in [3.8, 4) is 0 Å². The maximum Gasteiger partial charge on any atom is 0.100 e. The van der Waals surface area contributed by atoms with Crippen LogP contribution in [0, 0.1) is 0 Å². The van der Waals surface area contributed by atoms with E-state index in [4.69, 9.17) is 0 Å². The maximum atomic E-state index is 10.5. The molecule has 1 atom stereocenters. The van der Waals surface area contributed by atoms with E-state index in [1.54, 1.807) is 0 Å². The lowest BCUT2D eigenvalue weighted by molar-refractivity contribution is 0.209. The van der Waals surface area contributed by atoms with Crippen LogP contribution in [-0.2, 0) is 6.42 Å². The molecule has 0 aromatic heterocycles. The quantitative estimate of drug-likeness (QED) is 0.773. The molecule has 0 bridgehead atoms. The lowest BCUT2D eigenvalue weighted by atomic mass is 9.92. The van der Waals surface area contributed by atoms with Crippen LogP contribution in [0.5, 0.6) is 0 Å². The molecular weight excluding hydrogens is 220 g/mol. The second-order valence-electron chi connectivity index (χ2n) is 5.23. The van der Waals surface area contributed by atoms with Crippen molar-refractivity contribution in [1.29, 1.82) is 0 Å². The largest absolute Gasteiger partial charge is 0.384 e. The minimum absolute atomic E-state index is 0.394. The van der Waals surface area contributed by atoms with Gasteiger partial charge >= 0.3 is 0 Å². The highest BCUT2D eigenvalue weighted by Gasteiger charge is 2.13. The number of allylic oxidation sites excluding steroid dienone is 1. The van der Waals surface area contributed by atoms with Crippen molar-refractivity contribution >= 4 is 0 Å². The van der Waals surface area contributed by atoms with Gasteiger partial charge in [0.1, 0.15) is 6.10 Å². The zero-order valence-electron chi connectivity index (χ0n) is 11.4. The maximum absolute atomic E-state index is 10.5. The molecule has 0 radical (unpaired) electrons. The first-order valence-electron chi connectivity index (χ1n) is 7.27. The van der Waals surface area contributed by atoms with Crippen LogP contribution < -0.4 is 0 Å². The molecule has 0 aliphatic heterocycles. The van der Waals surface area contributed by atoms with Gasteiger partial charge in [-0.2, -0.15) is 0 Å². The van der Waals surface area contributed by atoms with Crippen LogP contribution in [-0.4, -0.2) is 5.11 Å². The number of aliphatic hydroxyl groups excluding tert-OH is 1. The molecule has 0 fully saturated rings. The molecule has 0 amide bonds. The van der Waals surface area contributed by atoms with Crippen molar-refractivity contribution in [2.75, 3.05) is 0 Å². The topological polar surface area (TPSA) is 20.2 Å². The Balaban J connectivity index is 2.10. The molecule has 1 nitrogen and oxygen atoms in total. The lowest BCUT2D eigenvalue weighted by Crippen LogP contribution is -2.03. The van der Waals surface area contributed by atoms with Gasteiger partial charge in [0.15, 0.2) is 0 Å². The standard InChI is InChI=1S/C17H24O/c1-2-14-10-12-16(13-11-14)17(18)15-8-6-4-3-5-7-9-15/h8,10-13,17-18H,2-7,9H2,1H3/b15-8+. The molecule has 1 aromatic rings. The first-order chi connectivity index (χ1) is 8.81. The molecule has 18 heavy (non-hydrogen) atoms. The summed E-state index contributed by atoms with van der Waals surface area (Å²) in [5.74, 6) is 0. The second kappa shape index (κ2) is 6.75. The molecule has 1 aliphatic carbocycles. The van der Waals surface area contributed by atoms with Gasteiger partial charge in [-0.15, -0.1) is 0 Å². The van der Waals surface area contributed by atoms with Crippen LogP contribution >= 0.6 is 0 Å². The summed E-state index contributed by atoms with van der Waals surface area (Å²) in [5, 5.41) is 10.5. The molecule has 2 rings (SSSR count). The zero-order valence-corrected chi connectivity index (χ0v) is 11.4. The molecule has 0 saturated heterocycles. The third-order valence-corrected chi connectivity index (χ3v) is 3.88. The lowest BCUT2D eigenvalue weighted by Gasteiger charge is -2.18. The van der Waals surface area contributed by atoms with Crippen molar-refractivity contribution < 1.29 is 5.11 Å². The summed E-state index contributed by atoms with van der Waals surface area (Å²) >= 11 is 0. The molecule has 98 valence electrons. The molecular formula is C17H24O. The van der Waals surface area contributed by atoms with E-state index >= 15 is 0 Å². The van der Waals surface area contributed by atoms with Crippen molar-refractivity contribution in [2.24, 2.45) is 0 Å². The Bertz CT molecular complexity index is 389. The molecule has 1 aromatic carbocycles. The van der Waals surface area contributed by atoms with Crippen LogP contribution in [0.2, 0.25) is 0 Å². The van der Waals surface area contributed by atoms with E-state index in [1.807, 2.05) is 0 Å². The average Bonchev–Trinajstić information content (AvgIpc) is 2.38. The van der Waals surface area contributed by atoms with E-state index in [0.29, 0.717) is 0 Å². The summed E-state index contributed by atoms with van der Waals surface area (Å²) in [6, 6.07) is 8.40. The monoisotopic (exact) mass is 244 g/mol. The number of benzene rings is 1. The Labute approximate surface area is 111 Å². The smallest absolute Gasteiger partial charge is 0.100 e. The Kier molecular flexibility index (Phi) is 5.00. The van der Waals surface area contributed by atoms with E-state index in [0.717, 1.165) is 24.8 Å². The number of aliphatic hydroxyl groups is 1. The third-order valence-electron chi connectivity index (χ3n) is 3.88. The normalized spacial score (nSPS) is 21.6. The van der Waals surface area contributed by atoms with Crippen molar-refractivity contribution in [2.45, 2.75) is 58.0 Å². The van der Waals surface area contributed by atoms with Gasteiger partial charge < -0.3 is 5.11 Å². The summed E-state index contributed by atoms with van der Waals surface area (Å²) in [6.07, 6.45) is 10.2. The highest BCUT2D eigenvalue weighted by atomic mass is 16.3. The van der Waals surface area contributed by atoms with Gasteiger partial charge in [0, 0.05) is 0 Å². The highest BCUT2D eigenvalue weighted by molar-refractivity contribution is 5.29. The fraction of sp³-hybridized carbons (Fsp3) is 0.529. The summed E-state index contributed by atoms with van der Waals surface area (Å²) in [6.45, 7) is 2.16. The summed E-state index contributed by atoms with van der Waals surface area (Å²) in [7, 11) is 0. The van der Waals surface area contributed by atoms with E-state index in [1.165, 1.54) is 36.8 Å². The minimum Gasteiger partial charge on any atom is -0.384 e. The summed E-state index contributed by atoms with van der Waals surface area (Å²) < 4.78 is 0. The number of hydrogen-bond donors (Lipinski definition) is 1. The fourth-order valence-corrected chi connectivity index (χ4v) is 2.61. The zero-order chi connectivity index (χ0) is 12.8. The molecule has 1 aliphatic rings. The predicted molar refractivity (Wildman–Crippen MR) is 76.6 cm³/mol. The second-order valence-corrected chi connectivity index (χ2v) is 5.23. The van der Waals surface area contributed by atoms with E-state index in [2.05, 4.69) is 37.3 Å². The summed E-state index contributed by atoms with van der Waals surface area (Å²) in [5.41, 5.74) is 3.59. The van der Waals surface area contributed by atoms with Gasteiger partial charge in [0.05, 0.1) is 0 Å². The molecule has 1 N–H and O–H groups in total. The van der Waals surface area contributed by atoms with Gasteiger partial charge in [-0.05, 0) is 48.8 Å². The molecule has 1 unspecified atom stereocenters. The van der Waals surface area contributed by atoms with Crippen LogP contribution in [0.1, 0.15) is 62.7 Å². The van der Waals surface area contributed by atoms with E-state index in [9.17, 15) is 5.11 Å². The van der Waals surface area contributed by atoms with Crippen LogP contribution in [0.4, 0.5) is 0 Å². The van der Waals surface area contributed by atoms with Gasteiger partial charge in [0.2, 0.25) is 0 Å². The first-order valence-corrected chi connectivity index (χ1v) is 7.27. The van der Waals surface area contributed by atoms with E-state index < -0.39 is 6.10 Å². The minimum atomic E-state index is -0.394. The van der Waals surface area contributed by atoms with Crippen LogP contribution in [0.15, 0.2) is 35.9 Å². The van der Waals surface area contributed by atoms with Gasteiger partial charge in [-0.1, -0.05) is 50.1 Å². The fourth-order valence-electron chi connectivity index (χ4n) is 2.61. The van der Waals surface area contributed by atoms with Crippen molar-refractivity contribution in [1.82, 2.24) is 0 Å². The van der Waals surface area contributed by atoms with Crippen molar-refractivity contribution in [3.63, 3.8) is 0 Å². The van der Waals surface area contributed by atoms with Crippen LogP contribution in [0.3, 0.4) is 0 Å². The predicted octanol–water partition coefficient (Wildman–Crippen LogP) is 4.56. The van der Waals surface area contributed by atoms with Gasteiger partial charge in [0.25, 0.3) is 0 Å². The Morgan fingerprint density at radius 3 is 2.50 bits per heavy atom. The van der Waals surface area contributed by atoms with Gasteiger partial charge in [-0.25, -0.2) is 0 Å². The third kappa shape index (κ3) is 3.46. The SMILES string of the molecule is CCc1ccc(C(O)/C2=C/CCCCCC2)cc1. The number of aryl methyl sites for hydroxylation is 1.